The summed E-state index contributed by atoms with van der Waals surface area (Å²) in [5, 5.41) is -1.45. The standard InChI is InChI=1S/C10H17N2O5P2/c13-18(14)10(19(15,16)17)5-3-1-2-4-9-8-11-6-7-12-9/h6-8,10,15-17H,1-5H2/q+1. The Morgan fingerprint density at radius 1 is 1.16 bits per heavy atom. The lowest BCUT2D eigenvalue weighted by Gasteiger charge is -2.09. The fourth-order valence-corrected chi connectivity index (χ4v) is 3.61. The summed E-state index contributed by atoms with van der Waals surface area (Å²) in [5.74, 6) is 0. The molecule has 0 saturated carbocycles. The van der Waals surface area contributed by atoms with Gasteiger partial charge in [0.1, 0.15) is 0 Å². The van der Waals surface area contributed by atoms with E-state index in [0.29, 0.717) is 6.42 Å². The van der Waals surface area contributed by atoms with Crippen LogP contribution < -0.4 is 0 Å². The average Bonchev–Trinajstić information content (AvgIpc) is 2.32. The number of aromatic nitrogens is 2. The lowest BCUT2D eigenvalue weighted by molar-refractivity contribution is 0.321. The average molecular weight is 307 g/mol. The molecule has 3 N–H and O–H groups in total. The highest BCUT2D eigenvalue weighted by Gasteiger charge is 2.46. The molecule has 0 amide bonds. The van der Waals surface area contributed by atoms with Crippen LogP contribution in [0.1, 0.15) is 31.4 Å². The number of hydrogen-bond donors (Lipinski definition) is 3. The van der Waals surface area contributed by atoms with Crippen LogP contribution in [0.15, 0.2) is 18.6 Å². The van der Waals surface area contributed by atoms with E-state index in [0.717, 1.165) is 25.0 Å². The Bertz CT molecular complexity index is 439. The van der Waals surface area contributed by atoms with Crippen LogP contribution in [-0.4, -0.2) is 30.0 Å². The van der Waals surface area contributed by atoms with Gasteiger partial charge in [-0.15, -0.1) is 0 Å². The molecule has 9 heteroatoms. The molecule has 0 spiro atoms. The SMILES string of the molecule is O=P(=O)C(CCCCCc1cnccn1)[P+](O)(O)O. The maximum absolute atomic E-state index is 10.8. The Morgan fingerprint density at radius 2 is 1.89 bits per heavy atom. The minimum absolute atomic E-state index is 0.0520. The molecule has 0 aliphatic carbocycles. The van der Waals surface area contributed by atoms with E-state index in [-0.39, 0.29) is 6.42 Å². The van der Waals surface area contributed by atoms with Gasteiger partial charge in [-0.3, -0.25) is 9.97 Å². The molecule has 1 atom stereocenters. The first-order valence-electron chi connectivity index (χ1n) is 5.86. The molecule has 106 valence electrons. The van der Waals surface area contributed by atoms with Gasteiger partial charge in [0.25, 0.3) is 5.40 Å². The summed E-state index contributed by atoms with van der Waals surface area (Å²) in [7, 11) is -7.35. The van der Waals surface area contributed by atoms with Gasteiger partial charge < -0.3 is 0 Å². The van der Waals surface area contributed by atoms with Gasteiger partial charge in [-0.05, 0) is 19.3 Å². The van der Waals surface area contributed by atoms with E-state index in [2.05, 4.69) is 9.97 Å². The molecular formula is C10H17N2O5P2+. The topological polar surface area (TPSA) is 121 Å². The Kier molecular flexibility index (Phi) is 6.69. The number of unbranched alkanes of at least 4 members (excludes halogenated alkanes) is 2. The fraction of sp³-hybridized carbons (Fsp3) is 0.600. The molecule has 1 aromatic rings. The minimum Gasteiger partial charge on any atom is -0.261 e. The molecular weight excluding hydrogens is 290 g/mol. The number of nitrogens with zero attached hydrogens (tertiary/aromatic N) is 2. The summed E-state index contributed by atoms with van der Waals surface area (Å²) < 4.78 is 21.6. The van der Waals surface area contributed by atoms with Crippen molar-refractivity contribution in [1.82, 2.24) is 9.97 Å². The predicted molar refractivity (Wildman–Crippen MR) is 69.9 cm³/mol. The van der Waals surface area contributed by atoms with Crippen molar-refractivity contribution in [3.05, 3.63) is 24.3 Å². The normalized spacial score (nSPS) is 13.2. The van der Waals surface area contributed by atoms with E-state index in [1.54, 1.807) is 18.6 Å². The molecule has 0 aliphatic heterocycles. The Morgan fingerprint density at radius 3 is 2.42 bits per heavy atom. The van der Waals surface area contributed by atoms with Crippen LogP contribution in [0.4, 0.5) is 0 Å². The van der Waals surface area contributed by atoms with Gasteiger partial charge in [0, 0.05) is 25.0 Å². The highest BCUT2D eigenvalue weighted by molar-refractivity contribution is 7.68. The summed E-state index contributed by atoms with van der Waals surface area (Å²) in [6.07, 6.45) is 7.67. The highest BCUT2D eigenvalue weighted by atomic mass is 31.2. The van der Waals surface area contributed by atoms with Gasteiger partial charge in [0.05, 0.1) is 5.69 Å². The zero-order chi connectivity index (χ0) is 14.3. The van der Waals surface area contributed by atoms with Crippen molar-refractivity contribution in [3.8, 4) is 0 Å². The van der Waals surface area contributed by atoms with Gasteiger partial charge in [-0.1, -0.05) is 6.42 Å². The molecule has 0 aromatic carbocycles. The lowest BCUT2D eigenvalue weighted by Crippen LogP contribution is -2.06. The van der Waals surface area contributed by atoms with Crippen LogP contribution in [0.25, 0.3) is 0 Å². The van der Waals surface area contributed by atoms with Crippen molar-refractivity contribution in [3.63, 3.8) is 0 Å². The largest absolute Gasteiger partial charge is 0.421 e. The molecule has 19 heavy (non-hydrogen) atoms. The zero-order valence-corrected chi connectivity index (χ0v) is 12.1. The third-order valence-corrected chi connectivity index (χ3v) is 5.95. The van der Waals surface area contributed by atoms with Crippen molar-refractivity contribution in [2.45, 2.75) is 37.5 Å². The van der Waals surface area contributed by atoms with Gasteiger partial charge >= 0.3 is 15.6 Å². The third-order valence-electron chi connectivity index (χ3n) is 2.66. The van der Waals surface area contributed by atoms with Gasteiger partial charge in [0.15, 0.2) is 0 Å². The van der Waals surface area contributed by atoms with E-state index in [4.69, 9.17) is 14.7 Å². The van der Waals surface area contributed by atoms with E-state index in [9.17, 15) is 9.13 Å². The van der Waals surface area contributed by atoms with Crippen molar-refractivity contribution in [2.75, 3.05) is 0 Å². The lowest BCUT2D eigenvalue weighted by atomic mass is 10.1. The molecule has 1 rings (SSSR count). The van der Waals surface area contributed by atoms with E-state index in [1.165, 1.54) is 0 Å². The van der Waals surface area contributed by atoms with Crippen LogP contribution in [0.3, 0.4) is 0 Å². The summed E-state index contributed by atoms with van der Waals surface area (Å²) in [6.45, 7) is 0. The number of rotatable bonds is 8. The summed E-state index contributed by atoms with van der Waals surface area (Å²) in [6, 6.07) is 0. The second-order valence-electron chi connectivity index (χ2n) is 4.18. The minimum atomic E-state index is -4.31. The molecule has 0 radical (unpaired) electrons. The second-order valence-corrected chi connectivity index (χ2v) is 7.63. The maximum atomic E-state index is 10.8. The van der Waals surface area contributed by atoms with Gasteiger partial charge in [-0.2, -0.15) is 14.7 Å². The second kappa shape index (κ2) is 7.78. The molecule has 1 heterocycles. The van der Waals surface area contributed by atoms with E-state index < -0.39 is 21.0 Å². The third kappa shape index (κ3) is 6.32. The first kappa shape index (κ1) is 16.3. The van der Waals surface area contributed by atoms with Crippen molar-refractivity contribution < 1.29 is 23.8 Å². The molecule has 0 fully saturated rings. The van der Waals surface area contributed by atoms with E-state index in [1.807, 2.05) is 0 Å². The Hall–Kier alpha value is -0.710. The molecule has 0 aliphatic rings. The number of hydrogen-bond acceptors (Lipinski definition) is 7. The number of aryl methyl sites for hydroxylation is 1. The molecule has 0 bridgehead atoms. The molecule has 7 nitrogen and oxygen atoms in total. The van der Waals surface area contributed by atoms with Crippen molar-refractivity contribution >= 4 is 15.6 Å². The van der Waals surface area contributed by atoms with Crippen LogP contribution in [0, 0.1) is 0 Å². The Balaban J connectivity index is 2.26. The summed E-state index contributed by atoms with van der Waals surface area (Å²) in [4.78, 5) is 35.0. The molecule has 0 saturated heterocycles. The van der Waals surface area contributed by atoms with Crippen LogP contribution in [0.2, 0.25) is 0 Å². The van der Waals surface area contributed by atoms with E-state index >= 15 is 0 Å². The fourth-order valence-electron chi connectivity index (χ4n) is 1.67. The highest BCUT2D eigenvalue weighted by Crippen LogP contribution is 2.58. The maximum Gasteiger partial charge on any atom is 0.421 e. The summed E-state index contributed by atoms with van der Waals surface area (Å²) in [5.41, 5.74) is 0.863. The quantitative estimate of drug-likeness (QED) is 0.494. The van der Waals surface area contributed by atoms with Crippen molar-refractivity contribution in [1.29, 1.82) is 0 Å². The smallest absolute Gasteiger partial charge is 0.261 e. The Labute approximate surface area is 112 Å². The van der Waals surface area contributed by atoms with Crippen molar-refractivity contribution in [2.24, 2.45) is 0 Å². The van der Waals surface area contributed by atoms with Gasteiger partial charge in [0.2, 0.25) is 0 Å². The monoisotopic (exact) mass is 307 g/mol. The van der Waals surface area contributed by atoms with Crippen LogP contribution >= 0.6 is 15.6 Å². The van der Waals surface area contributed by atoms with Crippen LogP contribution in [-0.2, 0) is 15.6 Å². The first-order valence-corrected chi connectivity index (χ1v) is 8.83. The summed E-state index contributed by atoms with van der Waals surface area (Å²) >= 11 is 0. The molecule has 1 unspecified atom stereocenters. The van der Waals surface area contributed by atoms with Gasteiger partial charge in [-0.25, -0.2) is 9.13 Å². The predicted octanol–water partition coefficient (Wildman–Crippen LogP) is 1.82. The first-order chi connectivity index (χ1) is 8.91. The molecule has 1 aromatic heterocycles. The van der Waals surface area contributed by atoms with Crippen LogP contribution in [0.5, 0.6) is 0 Å². The zero-order valence-electron chi connectivity index (χ0n) is 10.3.